The second-order valence-electron chi connectivity index (χ2n) is 5.23. The molecule has 1 aromatic carbocycles. The van der Waals surface area contributed by atoms with Crippen molar-refractivity contribution in [2.24, 2.45) is 0 Å². The summed E-state index contributed by atoms with van der Waals surface area (Å²) in [6.45, 7) is 1.86. The Morgan fingerprint density at radius 2 is 2.37 bits per heavy atom. The first-order valence-corrected chi connectivity index (χ1v) is 6.80. The maximum atomic E-state index is 12.3. The average molecular weight is 257 g/mol. The zero-order valence-electron chi connectivity index (χ0n) is 11.1. The first-order chi connectivity index (χ1) is 9.25. The topological polar surface area (TPSA) is 48.1 Å². The van der Waals surface area contributed by atoms with Crippen molar-refractivity contribution in [2.75, 3.05) is 20.1 Å². The molecule has 1 aromatic heterocycles. The molecular weight excluding hydrogens is 238 g/mol. The smallest absolute Gasteiger partial charge is 0.253 e. The third-order valence-corrected chi connectivity index (χ3v) is 4.00. The first-order valence-electron chi connectivity index (χ1n) is 6.80. The fraction of sp³-hybridized carbons (Fsp3) is 0.400. The zero-order chi connectivity index (χ0) is 13.2. The van der Waals surface area contributed by atoms with Crippen LogP contribution < -0.4 is 5.32 Å². The van der Waals surface area contributed by atoms with E-state index in [0.717, 1.165) is 29.6 Å². The SMILES string of the molecule is CN1CCCC1CNC(=O)c1cccc2cc[nH]c12. The van der Waals surface area contributed by atoms with Gasteiger partial charge in [0, 0.05) is 24.2 Å². The Kier molecular flexibility index (Phi) is 3.25. The van der Waals surface area contributed by atoms with E-state index in [9.17, 15) is 4.79 Å². The number of rotatable bonds is 3. The summed E-state index contributed by atoms with van der Waals surface area (Å²) in [4.78, 5) is 17.7. The van der Waals surface area contributed by atoms with Crippen LogP contribution in [-0.4, -0.2) is 42.0 Å². The summed E-state index contributed by atoms with van der Waals surface area (Å²) in [7, 11) is 2.12. The maximum Gasteiger partial charge on any atom is 0.253 e. The van der Waals surface area contributed by atoms with Crippen LogP contribution in [0.1, 0.15) is 23.2 Å². The van der Waals surface area contributed by atoms with E-state index in [4.69, 9.17) is 0 Å². The number of nitrogens with one attached hydrogen (secondary N) is 2. The number of carbonyl (C=O) groups excluding carboxylic acids is 1. The average Bonchev–Trinajstić information content (AvgIpc) is 3.04. The molecule has 100 valence electrons. The third kappa shape index (κ3) is 2.36. The Hall–Kier alpha value is -1.81. The number of carbonyl (C=O) groups is 1. The van der Waals surface area contributed by atoms with Crippen LogP contribution in [0.4, 0.5) is 0 Å². The highest BCUT2D eigenvalue weighted by Crippen LogP contribution is 2.17. The molecule has 0 radical (unpaired) electrons. The molecule has 1 unspecified atom stereocenters. The Labute approximate surface area is 112 Å². The van der Waals surface area contributed by atoms with Gasteiger partial charge in [0.15, 0.2) is 0 Å². The molecule has 0 bridgehead atoms. The van der Waals surface area contributed by atoms with Crippen molar-refractivity contribution in [3.63, 3.8) is 0 Å². The van der Waals surface area contributed by atoms with E-state index in [1.54, 1.807) is 0 Å². The van der Waals surface area contributed by atoms with Crippen LogP contribution in [-0.2, 0) is 0 Å². The summed E-state index contributed by atoms with van der Waals surface area (Å²) in [5.41, 5.74) is 1.64. The predicted octanol–water partition coefficient (Wildman–Crippen LogP) is 1.99. The summed E-state index contributed by atoms with van der Waals surface area (Å²) in [6, 6.07) is 8.26. The van der Waals surface area contributed by atoms with E-state index in [1.807, 2.05) is 30.5 Å². The van der Waals surface area contributed by atoms with Crippen LogP contribution in [0.25, 0.3) is 10.9 Å². The van der Waals surface area contributed by atoms with Gasteiger partial charge in [0.05, 0.1) is 11.1 Å². The van der Waals surface area contributed by atoms with Gasteiger partial charge in [-0.3, -0.25) is 4.79 Å². The van der Waals surface area contributed by atoms with Gasteiger partial charge >= 0.3 is 0 Å². The summed E-state index contributed by atoms with van der Waals surface area (Å²) in [5.74, 6) is 0.00773. The van der Waals surface area contributed by atoms with Crippen molar-refractivity contribution < 1.29 is 4.79 Å². The number of fused-ring (bicyclic) bond motifs is 1. The number of aromatic amines is 1. The molecule has 19 heavy (non-hydrogen) atoms. The van der Waals surface area contributed by atoms with E-state index in [0.29, 0.717) is 6.04 Å². The minimum atomic E-state index is 0.00773. The number of aromatic nitrogens is 1. The van der Waals surface area contributed by atoms with Crippen molar-refractivity contribution in [2.45, 2.75) is 18.9 Å². The highest BCUT2D eigenvalue weighted by molar-refractivity contribution is 6.05. The lowest BCUT2D eigenvalue weighted by Gasteiger charge is -2.19. The Morgan fingerprint density at radius 1 is 1.47 bits per heavy atom. The van der Waals surface area contributed by atoms with E-state index in [2.05, 4.69) is 22.2 Å². The number of hydrogen-bond acceptors (Lipinski definition) is 2. The van der Waals surface area contributed by atoms with Gasteiger partial charge in [0.1, 0.15) is 0 Å². The molecule has 1 atom stereocenters. The van der Waals surface area contributed by atoms with Gasteiger partial charge in [-0.1, -0.05) is 12.1 Å². The molecule has 0 saturated carbocycles. The molecule has 4 heteroatoms. The maximum absolute atomic E-state index is 12.3. The molecule has 2 heterocycles. The molecule has 1 aliphatic heterocycles. The molecule has 1 fully saturated rings. The van der Waals surface area contributed by atoms with E-state index in [1.165, 1.54) is 12.8 Å². The van der Waals surface area contributed by atoms with Crippen LogP contribution >= 0.6 is 0 Å². The molecule has 4 nitrogen and oxygen atoms in total. The van der Waals surface area contributed by atoms with Crippen molar-refractivity contribution in [1.29, 1.82) is 0 Å². The lowest BCUT2D eigenvalue weighted by molar-refractivity contribution is 0.0945. The van der Waals surface area contributed by atoms with Gasteiger partial charge in [-0.15, -0.1) is 0 Å². The second kappa shape index (κ2) is 5.05. The second-order valence-corrected chi connectivity index (χ2v) is 5.23. The summed E-state index contributed by atoms with van der Waals surface area (Å²) in [5, 5.41) is 4.13. The Bertz CT molecular complexity index is 590. The molecule has 2 aromatic rings. The molecule has 3 rings (SSSR count). The number of nitrogens with zero attached hydrogens (tertiary/aromatic N) is 1. The molecule has 0 aliphatic carbocycles. The summed E-state index contributed by atoms with van der Waals surface area (Å²) in [6.07, 6.45) is 4.26. The molecule has 2 N–H and O–H groups in total. The zero-order valence-corrected chi connectivity index (χ0v) is 11.1. The highest BCUT2D eigenvalue weighted by Gasteiger charge is 2.21. The number of hydrogen-bond donors (Lipinski definition) is 2. The minimum absolute atomic E-state index is 0.00773. The standard InChI is InChI=1S/C15H19N3O/c1-18-9-3-5-12(18)10-17-15(19)13-6-2-4-11-7-8-16-14(11)13/h2,4,6-8,12,16H,3,5,9-10H2,1H3,(H,17,19). The highest BCUT2D eigenvalue weighted by atomic mass is 16.1. The fourth-order valence-corrected chi connectivity index (χ4v) is 2.82. The number of benzene rings is 1. The van der Waals surface area contributed by atoms with E-state index < -0.39 is 0 Å². The predicted molar refractivity (Wildman–Crippen MR) is 76.3 cm³/mol. The largest absolute Gasteiger partial charge is 0.361 e. The number of H-pyrrole nitrogens is 1. The molecule has 1 amide bonds. The van der Waals surface area contributed by atoms with Gasteiger partial charge in [0.25, 0.3) is 5.91 Å². The quantitative estimate of drug-likeness (QED) is 0.883. The van der Waals surface area contributed by atoms with Crippen molar-refractivity contribution in [1.82, 2.24) is 15.2 Å². The van der Waals surface area contributed by atoms with Gasteiger partial charge in [0.2, 0.25) is 0 Å². The molecule has 1 aliphatic rings. The Balaban J connectivity index is 1.71. The van der Waals surface area contributed by atoms with Gasteiger partial charge in [-0.2, -0.15) is 0 Å². The molecular formula is C15H19N3O. The number of para-hydroxylation sites is 1. The number of amides is 1. The lowest BCUT2D eigenvalue weighted by atomic mass is 10.1. The first kappa shape index (κ1) is 12.2. The normalized spacial score (nSPS) is 19.9. The summed E-state index contributed by atoms with van der Waals surface area (Å²) >= 11 is 0. The van der Waals surface area contributed by atoms with Crippen LogP contribution in [0.3, 0.4) is 0 Å². The van der Waals surface area contributed by atoms with Crippen LogP contribution in [0, 0.1) is 0 Å². The third-order valence-electron chi connectivity index (χ3n) is 4.00. The molecule has 0 spiro atoms. The number of likely N-dealkylation sites (tertiary alicyclic amines) is 1. The number of likely N-dealkylation sites (N-methyl/N-ethyl adjacent to an activating group) is 1. The fourth-order valence-electron chi connectivity index (χ4n) is 2.82. The molecule has 1 saturated heterocycles. The van der Waals surface area contributed by atoms with Crippen molar-refractivity contribution in [3.8, 4) is 0 Å². The van der Waals surface area contributed by atoms with Crippen LogP contribution in [0.2, 0.25) is 0 Å². The van der Waals surface area contributed by atoms with Crippen LogP contribution in [0.15, 0.2) is 30.5 Å². The van der Waals surface area contributed by atoms with Crippen molar-refractivity contribution in [3.05, 3.63) is 36.0 Å². The van der Waals surface area contributed by atoms with E-state index >= 15 is 0 Å². The van der Waals surface area contributed by atoms with E-state index in [-0.39, 0.29) is 5.91 Å². The Morgan fingerprint density at radius 3 is 3.16 bits per heavy atom. The van der Waals surface area contributed by atoms with Gasteiger partial charge in [-0.05, 0) is 38.6 Å². The lowest BCUT2D eigenvalue weighted by Crippen LogP contribution is -2.38. The van der Waals surface area contributed by atoms with Crippen LogP contribution in [0.5, 0.6) is 0 Å². The summed E-state index contributed by atoms with van der Waals surface area (Å²) < 4.78 is 0. The van der Waals surface area contributed by atoms with Gasteiger partial charge in [-0.25, -0.2) is 0 Å². The minimum Gasteiger partial charge on any atom is -0.361 e. The van der Waals surface area contributed by atoms with Crippen molar-refractivity contribution >= 4 is 16.8 Å². The monoisotopic (exact) mass is 257 g/mol. The van der Waals surface area contributed by atoms with Gasteiger partial charge < -0.3 is 15.2 Å².